The Balaban J connectivity index is 2.50. The van der Waals surface area contributed by atoms with Gasteiger partial charge in [0, 0.05) is 31.0 Å². The van der Waals surface area contributed by atoms with Crippen molar-refractivity contribution >= 4 is 21.9 Å². The fraction of sp³-hybridized carbons (Fsp3) is 0.556. The molecule has 0 aliphatic carbocycles. The van der Waals surface area contributed by atoms with E-state index < -0.39 is 0 Å². The molecule has 0 aromatic carbocycles. The molecule has 78 valence electrons. The summed E-state index contributed by atoms with van der Waals surface area (Å²) >= 11 is 3.26. The lowest BCUT2D eigenvalue weighted by atomic mass is 9.95. The lowest BCUT2D eigenvalue weighted by molar-refractivity contribution is 0.170. The molecule has 0 radical (unpaired) electrons. The normalized spacial score (nSPS) is 11.4. The van der Waals surface area contributed by atoms with Gasteiger partial charge in [0.25, 0.3) is 0 Å². The molecule has 0 bridgehead atoms. The van der Waals surface area contributed by atoms with Crippen LogP contribution in [0.5, 0.6) is 0 Å². The average Bonchev–Trinajstić information content (AvgIpc) is 2.17. The van der Waals surface area contributed by atoms with Crippen molar-refractivity contribution in [2.75, 3.05) is 18.5 Å². The van der Waals surface area contributed by atoms with Crippen LogP contribution in [0, 0.1) is 5.41 Å². The number of halogens is 1. The first-order valence-corrected chi connectivity index (χ1v) is 5.15. The second-order valence-corrected chi connectivity index (χ2v) is 4.82. The van der Waals surface area contributed by atoms with Crippen molar-refractivity contribution < 1.29 is 5.11 Å². The topological polar surface area (TPSA) is 58.0 Å². The van der Waals surface area contributed by atoms with Gasteiger partial charge in [-0.25, -0.2) is 9.97 Å². The van der Waals surface area contributed by atoms with Crippen LogP contribution in [0.4, 0.5) is 5.95 Å². The molecule has 0 unspecified atom stereocenters. The molecule has 0 saturated carbocycles. The number of nitrogens with one attached hydrogen (secondary N) is 1. The summed E-state index contributed by atoms with van der Waals surface area (Å²) in [5.41, 5.74) is -0.156. The van der Waals surface area contributed by atoms with Gasteiger partial charge in [-0.1, -0.05) is 13.8 Å². The van der Waals surface area contributed by atoms with Crippen molar-refractivity contribution in [3.63, 3.8) is 0 Å². The van der Waals surface area contributed by atoms with Crippen molar-refractivity contribution in [1.29, 1.82) is 0 Å². The molecule has 1 rings (SSSR count). The monoisotopic (exact) mass is 259 g/mol. The summed E-state index contributed by atoms with van der Waals surface area (Å²) in [7, 11) is 0. The highest BCUT2D eigenvalue weighted by Gasteiger charge is 2.16. The van der Waals surface area contributed by atoms with Crippen molar-refractivity contribution in [2.45, 2.75) is 13.8 Å². The summed E-state index contributed by atoms with van der Waals surface area (Å²) in [5, 5.41) is 12.1. The van der Waals surface area contributed by atoms with Gasteiger partial charge in [0.05, 0.1) is 4.47 Å². The van der Waals surface area contributed by atoms with E-state index in [-0.39, 0.29) is 12.0 Å². The number of anilines is 1. The fourth-order valence-corrected chi connectivity index (χ4v) is 0.983. The van der Waals surface area contributed by atoms with Gasteiger partial charge >= 0.3 is 0 Å². The fourth-order valence-electron chi connectivity index (χ4n) is 0.778. The minimum absolute atomic E-state index is 0.135. The van der Waals surface area contributed by atoms with Gasteiger partial charge in [0.15, 0.2) is 0 Å². The largest absolute Gasteiger partial charge is 0.396 e. The standard InChI is InChI=1S/C9H14BrN3O/c1-9(2,6-14)5-13-8-11-3-7(10)4-12-8/h3-4,14H,5-6H2,1-2H3,(H,11,12,13). The molecule has 0 atom stereocenters. The molecule has 1 aromatic heterocycles. The minimum Gasteiger partial charge on any atom is -0.396 e. The Morgan fingerprint density at radius 3 is 2.50 bits per heavy atom. The number of nitrogens with zero attached hydrogens (tertiary/aromatic N) is 2. The Labute approximate surface area is 91.9 Å². The van der Waals surface area contributed by atoms with E-state index >= 15 is 0 Å². The maximum atomic E-state index is 9.03. The van der Waals surface area contributed by atoms with E-state index in [1.807, 2.05) is 13.8 Å². The molecule has 2 N–H and O–H groups in total. The molecular weight excluding hydrogens is 246 g/mol. The zero-order valence-corrected chi connectivity index (χ0v) is 9.87. The van der Waals surface area contributed by atoms with Gasteiger partial charge in [-0.15, -0.1) is 0 Å². The van der Waals surface area contributed by atoms with E-state index in [4.69, 9.17) is 5.11 Å². The molecule has 14 heavy (non-hydrogen) atoms. The Bertz CT molecular complexity index is 287. The summed E-state index contributed by atoms with van der Waals surface area (Å²) in [6.45, 7) is 4.72. The number of hydrogen-bond donors (Lipinski definition) is 2. The number of aliphatic hydroxyl groups is 1. The molecule has 5 heteroatoms. The highest BCUT2D eigenvalue weighted by molar-refractivity contribution is 9.10. The van der Waals surface area contributed by atoms with Crippen LogP contribution >= 0.6 is 15.9 Å². The summed E-state index contributed by atoms with van der Waals surface area (Å²) in [6, 6.07) is 0. The van der Waals surface area contributed by atoms with E-state index in [0.29, 0.717) is 12.5 Å². The van der Waals surface area contributed by atoms with Crippen molar-refractivity contribution in [3.8, 4) is 0 Å². The third kappa shape index (κ3) is 3.59. The van der Waals surface area contributed by atoms with Crippen LogP contribution in [0.3, 0.4) is 0 Å². The van der Waals surface area contributed by atoms with Crippen LogP contribution < -0.4 is 5.32 Å². The molecule has 0 aliphatic heterocycles. The number of hydrogen-bond acceptors (Lipinski definition) is 4. The zero-order chi connectivity index (χ0) is 10.6. The van der Waals surface area contributed by atoms with Gasteiger partial charge in [-0.2, -0.15) is 0 Å². The maximum Gasteiger partial charge on any atom is 0.222 e. The quantitative estimate of drug-likeness (QED) is 0.864. The lowest BCUT2D eigenvalue weighted by Crippen LogP contribution is -2.27. The Morgan fingerprint density at radius 1 is 1.43 bits per heavy atom. The number of rotatable bonds is 4. The van der Waals surface area contributed by atoms with Gasteiger partial charge in [-0.3, -0.25) is 0 Å². The summed E-state index contributed by atoms with van der Waals surface area (Å²) < 4.78 is 0.851. The van der Waals surface area contributed by atoms with Crippen molar-refractivity contribution in [1.82, 2.24) is 9.97 Å². The van der Waals surface area contributed by atoms with Crippen LogP contribution in [-0.2, 0) is 0 Å². The van der Waals surface area contributed by atoms with Crippen LogP contribution in [0.15, 0.2) is 16.9 Å². The van der Waals surface area contributed by atoms with Crippen LogP contribution in [0.2, 0.25) is 0 Å². The first-order valence-electron chi connectivity index (χ1n) is 4.36. The highest BCUT2D eigenvalue weighted by Crippen LogP contribution is 2.14. The third-order valence-corrected chi connectivity index (χ3v) is 2.18. The van der Waals surface area contributed by atoms with Crippen molar-refractivity contribution in [3.05, 3.63) is 16.9 Å². The summed E-state index contributed by atoms with van der Waals surface area (Å²) in [4.78, 5) is 8.13. The molecule has 0 fully saturated rings. The maximum absolute atomic E-state index is 9.03. The van der Waals surface area contributed by atoms with Gasteiger partial charge < -0.3 is 10.4 Å². The highest BCUT2D eigenvalue weighted by atomic mass is 79.9. The third-order valence-electron chi connectivity index (χ3n) is 1.77. The van der Waals surface area contributed by atoms with Crippen LogP contribution in [-0.4, -0.2) is 28.2 Å². The second-order valence-electron chi connectivity index (χ2n) is 3.90. The number of aliphatic hydroxyl groups excluding tert-OH is 1. The molecule has 0 spiro atoms. The van der Waals surface area contributed by atoms with Gasteiger partial charge in [-0.05, 0) is 15.9 Å². The smallest absolute Gasteiger partial charge is 0.222 e. The van der Waals surface area contributed by atoms with Crippen LogP contribution in [0.25, 0.3) is 0 Å². The molecule has 0 saturated heterocycles. The first kappa shape index (κ1) is 11.4. The van der Waals surface area contributed by atoms with Crippen LogP contribution in [0.1, 0.15) is 13.8 Å². The molecular formula is C9H14BrN3O. The van der Waals surface area contributed by atoms with E-state index in [1.165, 1.54) is 0 Å². The zero-order valence-electron chi connectivity index (χ0n) is 8.29. The SMILES string of the molecule is CC(C)(CO)CNc1ncc(Br)cn1. The summed E-state index contributed by atoms with van der Waals surface area (Å²) in [5.74, 6) is 0.578. The van der Waals surface area contributed by atoms with E-state index in [0.717, 1.165) is 4.47 Å². The summed E-state index contributed by atoms with van der Waals surface area (Å²) in [6.07, 6.45) is 3.36. The van der Waals surface area contributed by atoms with Crippen molar-refractivity contribution in [2.24, 2.45) is 5.41 Å². The Kier molecular flexibility index (Phi) is 3.83. The predicted molar refractivity (Wildman–Crippen MR) is 59.1 cm³/mol. The number of aromatic nitrogens is 2. The first-order chi connectivity index (χ1) is 6.53. The minimum atomic E-state index is -0.156. The second kappa shape index (κ2) is 4.70. The molecule has 0 aliphatic rings. The van der Waals surface area contributed by atoms with E-state index in [1.54, 1.807) is 12.4 Å². The van der Waals surface area contributed by atoms with E-state index in [9.17, 15) is 0 Å². The molecule has 1 aromatic rings. The van der Waals surface area contributed by atoms with Gasteiger partial charge in [0.1, 0.15) is 0 Å². The van der Waals surface area contributed by atoms with E-state index in [2.05, 4.69) is 31.2 Å². The predicted octanol–water partition coefficient (Wildman–Crippen LogP) is 1.67. The van der Waals surface area contributed by atoms with Gasteiger partial charge in [0.2, 0.25) is 5.95 Å². The Hall–Kier alpha value is -0.680. The molecule has 4 nitrogen and oxygen atoms in total. The Morgan fingerprint density at radius 2 is 2.00 bits per heavy atom. The molecule has 1 heterocycles. The molecule has 0 amide bonds. The average molecular weight is 260 g/mol. The lowest BCUT2D eigenvalue weighted by Gasteiger charge is -2.21.